The van der Waals surface area contributed by atoms with Crippen molar-refractivity contribution < 1.29 is 24.3 Å². The number of carbonyl (C=O) groups excluding carboxylic acids is 2. The Morgan fingerprint density at radius 3 is 2.56 bits per heavy atom. The van der Waals surface area contributed by atoms with Crippen LogP contribution in [0.15, 0.2) is 5.16 Å². The molecular weight excluding hydrogens is 214 g/mol. The Labute approximate surface area is 93.2 Å². The fourth-order valence-corrected chi connectivity index (χ4v) is 1.54. The molecule has 0 bridgehead atoms. The lowest BCUT2D eigenvalue weighted by atomic mass is 9.92. The van der Waals surface area contributed by atoms with E-state index in [1.807, 2.05) is 0 Å². The number of Topliss-reactive ketones (excluding diaryl/α,β-unsaturated/α-hetero) is 1. The molecule has 1 aliphatic rings. The fourth-order valence-electron chi connectivity index (χ4n) is 1.54. The molecule has 1 fully saturated rings. The van der Waals surface area contributed by atoms with Crippen molar-refractivity contribution in [2.75, 3.05) is 19.8 Å². The summed E-state index contributed by atoms with van der Waals surface area (Å²) in [4.78, 5) is 23.1. The van der Waals surface area contributed by atoms with Gasteiger partial charge in [0.25, 0.3) is 0 Å². The van der Waals surface area contributed by atoms with Crippen molar-refractivity contribution in [1.29, 1.82) is 0 Å². The molecule has 0 aromatic rings. The molecule has 0 unspecified atom stereocenters. The summed E-state index contributed by atoms with van der Waals surface area (Å²) in [7, 11) is 0. The van der Waals surface area contributed by atoms with Crippen LogP contribution in [-0.4, -0.2) is 42.5 Å². The monoisotopic (exact) mass is 229 g/mol. The van der Waals surface area contributed by atoms with Gasteiger partial charge in [0.2, 0.25) is 5.71 Å². The standard InChI is InChI=1S/C10H15NO5/c1-2-16-10(13)8(11-14)9(12)7-3-5-15-6-4-7/h7,14H,2-6H2,1H3. The Morgan fingerprint density at radius 1 is 1.44 bits per heavy atom. The molecule has 0 saturated carbocycles. The summed E-state index contributed by atoms with van der Waals surface area (Å²) in [5, 5.41) is 11.4. The zero-order chi connectivity index (χ0) is 12.0. The predicted molar refractivity (Wildman–Crippen MR) is 54.4 cm³/mol. The summed E-state index contributed by atoms with van der Waals surface area (Å²) >= 11 is 0. The Bertz CT molecular complexity index is 294. The second kappa shape index (κ2) is 6.22. The van der Waals surface area contributed by atoms with Gasteiger partial charge in [-0.3, -0.25) is 4.79 Å². The number of ketones is 1. The molecular formula is C10H15NO5. The van der Waals surface area contributed by atoms with Gasteiger partial charge in [-0.15, -0.1) is 0 Å². The molecule has 16 heavy (non-hydrogen) atoms. The first-order valence-electron chi connectivity index (χ1n) is 5.21. The van der Waals surface area contributed by atoms with Crippen LogP contribution in [0, 0.1) is 5.92 Å². The zero-order valence-corrected chi connectivity index (χ0v) is 9.14. The second-order valence-corrected chi connectivity index (χ2v) is 3.42. The normalized spacial score (nSPS) is 18.2. The lowest BCUT2D eigenvalue weighted by molar-refractivity contribution is -0.136. The van der Waals surface area contributed by atoms with Crippen LogP contribution in [-0.2, 0) is 19.1 Å². The van der Waals surface area contributed by atoms with Crippen LogP contribution in [0.2, 0.25) is 0 Å². The van der Waals surface area contributed by atoms with E-state index < -0.39 is 17.5 Å². The van der Waals surface area contributed by atoms with Gasteiger partial charge in [0.1, 0.15) is 0 Å². The van der Waals surface area contributed by atoms with E-state index in [4.69, 9.17) is 9.94 Å². The molecule has 1 heterocycles. The number of oxime groups is 1. The molecule has 6 nitrogen and oxygen atoms in total. The van der Waals surface area contributed by atoms with Crippen LogP contribution in [0.4, 0.5) is 0 Å². The van der Waals surface area contributed by atoms with Crippen molar-refractivity contribution in [3.8, 4) is 0 Å². The molecule has 0 aliphatic carbocycles. The summed E-state index contributed by atoms with van der Waals surface area (Å²) in [5.41, 5.74) is -0.520. The van der Waals surface area contributed by atoms with Gasteiger partial charge in [-0.05, 0) is 19.8 Å². The molecule has 0 spiro atoms. The zero-order valence-electron chi connectivity index (χ0n) is 9.14. The Morgan fingerprint density at radius 2 is 2.06 bits per heavy atom. The van der Waals surface area contributed by atoms with Gasteiger partial charge >= 0.3 is 5.97 Å². The van der Waals surface area contributed by atoms with E-state index in [-0.39, 0.29) is 12.5 Å². The summed E-state index contributed by atoms with van der Waals surface area (Å²) in [6.07, 6.45) is 1.08. The van der Waals surface area contributed by atoms with Gasteiger partial charge in [0, 0.05) is 19.1 Å². The molecule has 90 valence electrons. The number of nitrogens with zero attached hydrogens (tertiary/aromatic N) is 1. The third-order valence-electron chi connectivity index (χ3n) is 2.39. The van der Waals surface area contributed by atoms with E-state index in [9.17, 15) is 9.59 Å². The molecule has 0 radical (unpaired) electrons. The first-order chi connectivity index (χ1) is 7.70. The van der Waals surface area contributed by atoms with Crippen molar-refractivity contribution >= 4 is 17.5 Å². The fraction of sp³-hybridized carbons (Fsp3) is 0.700. The van der Waals surface area contributed by atoms with Gasteiger partial charge in [0.05, 0.1) is 6.61 Å². The van der Waals surface area contributed by atoms with Gasteiger partial charge in [-0.2, -0.15) is 0 Å². The van der Waals surface area contributed by atoms with E-state index in [0.29, 0.717) is 26.1 Å². The average molecular weight is 229 g/mol. The molecule has 0 amide bonds. The van der Waals surface area contributed by atoms with Crippen LogP contribution in [0.3, 0.4) is 0 Å². The smallest absolute Gasteiger partial charge is 0.364 e. The Hall–Kier alpha value is -1.43. The number of hydrogen-bond acceptors (Lipinski definition) is 6. The van der Waals surface area contributed by atoms with Gasteiger partial charge in [-0.25, -0.2) is 4.79 Å². The van der Waals surface area contributed by atoms with Gasteiger partial charge < -0.3 is 14.7 Å². The maximum Gasteiger partial charge on any atom is 0.364 e. The largest absolute Gasteiger partial charge is 0.461 e. The quantitative estimate of drug-likeness (QED) is 0.247. The van der Waals surface area contributed by atoms with Crippen molar-refractivity contribution in [1.82, 2.24) is 0 Å². The maximum atomic E-state index is 11.8. The summed E-state index contributed by atoms with van der Waals surface area (Å²) in [6.45, 7) is 2.72. The van der Waals surface area contributed by atoms with Crippen LogP contribution in [0.5, 0.6) is 0 Å². The molecule has 6 heteroatoms. The van der Waals surface area contributed by atoms with Crippen LogP contribution in [0.1, 0.15) is 19.8 Å². The number of rotatable bonds is 4. The SMILES string of the molecule is CCOC(=O)C(=NO)C(=O)C1CCOCC1. The first kappa shape index (κ1) is 12.6. The molecule has 1 rings (SSSR count). The van der Waals surface area contributed by atoms with Crippen molar-refractivity contribution in [2.45, 2.75) is 19.8 Å². The number of hydrogen-bond donors (Lipinski definition) is 1. The number of ether oxygens (including phenoxy) is 2. The van der Waals surface area contributed by atoms with E-state index in [1.54, 1.807) is 6.92 Å². The minimum absolute atomic E-state index is 0.138. The molecule has 0 aromatic carbocycles. The Kier molecular flexibility index (Phi) is 4.91. The molecule has 0 aromatic heterocycles. The summed E-state index contributed by atoms with van der Waals surface area (Å²) in [5.74, 6) is -1.66. The van der Waals surface area contributed by atoms with Crippen molar-refractivity contribution in [2.24, 2.45) is 11.1 Å². The molecule has 1 N–H and O–H groups in total. The molecule has 0 atom stereocenters. The minimum atomic E-state index is -0.874. The van der Waals surface area contributed by atoms with Gasteiger partial charge in [-0.1, -0.05) is 5.16 Å². The third kappa shape index (κ3) is 3.03. The number of esters is 1. The highest BCUT2D eigenvalue weighted by Gasteiger charge is 2.31. The van der Waals surface area contributed by atoms with E-state index in [1.165, 1.54) is 0 Å². The number of carbonyl (C=O) groups is 2. The Balaban J connectivity index is 2.65. The highest BCUT2D eigenvalue weighted by atomic mass is 16.5. The van der Waals surface area contributed by atoms with E-state index in [2.05, 4.69) is 9.89 Å². The third-order valence-corrected chi connectivity index (χ3v) is 2.39. The maximum absolute atomic E-state index is 11.8. The van der Waals surface area contributed by atoms with E-state index in [0.717, 1.165) is 0 Å². The van der Waals surface area contributed by atoms with Gasteiger partial charge in [0.15, 0.2) is 5.78 Å². The van der Waals surface area contributed by atoms with Crippen LogP contribution >= 0.6 is 0 Å². The lowest BCUT2D eigenvalue weighted by Gasteiger charge is -2.20. The molecule has 1 saturated heterocycles. The average Bonchev–Trinajstić information content (AvgIpc) is 2.31. The van der Waals surface area contributed by atoms with Crippen LogP contribution in [0.25, 0.3) is 0 Å². The molecule has 1 aliphatic heterocycles. The second-order valence-electron chi connectivity index (χ2n) is 3.42. The highest BCUT2D eigenvalue weighted by molar-refractivity contribution is 6.64. The topological polar surface area (TPSA) is 85.2 Å². The lowest BCUT2D eigenvalue weighted by Crippen LogP contribution is -2.34. The van der Waals surface area contributed by atoms with E-state index >= 15 is 0 Å². The van der Waals surface area contributed by atoms with Crippen molar-refractivity contribution in [3.05, 3.63) is 0 Å². The van der Waals surface area contributed by atoms with Crippen LogP contribution < -0.4 is 0 Å². The predicted octanol–water partition coefficient (Wildman–Crippen LogP) is 0.375. The first-order valence-corrected chi connectivity index (χ1v) is 5.21. The highest BCUT2D eigenvalue weighted by Crippen LogP contribution is 2.16. The summed E-state index contributed by atoms with van der Waals surface area (Å²) in [6, 6.07) is 0. The summed E-state index contributed by atoms with van der Waals surface area (Å²) < 4.78 is 9.73. The van der Waals surface area contributed by atoms with Crippen molar-refractivity contribution in [3.63, 3.8) is 0 Å². The minimum Gasteiger partial charge on any atom is -0.461 e.